The van der Waals surface area contributed by atoms with Gasteiger partial charge in [0, 0.05) is 11.3 Å². The van der Waals surface area contributed by atoms with E-state index in [1.165, 1.54) is 0 Å². The highest BCUT2D eigenvalue weighted by atomic mass is 16.3. The van der Waals surface area contributed by atoms with Crippen LogP contribution in [0.15, 0.2) is 42.5 Å². The van der Waals surface area contributed by atoms with Gasteiger partial charge in [0.15, 0.2) is 0 Å². The Morgan fingerprint density at radius 2 is 1.84 bits per heavy atom. The summed E-state index contributed by atoms with van der Waals surface area (Å²) in [5, 5.41) is 22.8. The number of rotatable bonds is 4. The minimum Gasteiger partial charge on any atom is -0.508 e. The maximum absolute atomic E-state index is 9.92. The van der Waals surface area contributed by atoms with Gasteiger partial charge in [-0.3, -0.25) is 0 Å². The van der Waals surface area contributed by atoms with Crippen LogP contribution in [0, 0.1) is 6.92 Å². The lowest BCUT2D eigenvalue weighted by molar-refractivity contribution is 0.462. The molecule has 0 aliphatic heterocycles. The van der Waals surface area contributed by atoms with Crippen molar-refractivity contribution in [1.82, 2.24) is 0 Å². The number of hydrogen-bond donors (Lipinski definition) is 3. The summed E-state index contributed by atoms with van der Waals surface area (Å²) >= 11 is 0. The average molecular weight is 257 g/mol. The molecule has 3 nitrogen and oxygen atoms in total. The molecule has 3 N–H and O–H groups in total. The van der Waals surface area contributed by atoms with Crippen LogP contribution in [0.1, 0.15) is 30.5 Å². The molecule has 0 amide bonds. The van der Waals surface area contributed by atoms with E-state index in [1.807, 2.05) is 31.2 Å². The first-order valence-electron chi connectivity index (χ1n) is 6.46. The number of phenols is 2. The molecule has 1 atom stereocenters. The molecule has 1 unspecified atom stereocenters. The number of aryl methyl sites for hydroxylation is 1. The first-order valence-corrected chi connectivity index (χ1v) is 6.46. The van der Waals surface area contributed by atoms with E-state index in [0.717, 1.165) is 23.2 Å². The molecule has 2 aromatic carbocycles. The highest BCUT2D eigenvalue weighted by Crippen LogP contribution is 2.31. The topological polar surface area (TPSA) is 52.5 Å². The SMILES string of the molecule is CCC(Nc1ccc(O)cc1C)c1ccccc1O. The van der Waals surface area contributed by atoms with Crippen molar-refractivity contribution in [1.29, 1.82) is 0 Å². The van der Waals surface area contributed by atoms with E-state index >= 15 is 0 Å². The summed E-state index contributed by atoms with van der Waals surface area (Å²) in [7, 11) is 0. The third-order valence-corrected chi connectivity index (χ3v) is 3.26. The van der Waals surface area contributed by atoms with Gasteiger partial charge in [-0.2, -0.15) is 0 Å². The predicted octanol–water partition coefficient (Wildman–Crippen LogP) is 3.97. The molecule has 3 heteroatoms. The summed E-state index contributed by atoms with van der Waals surface area (Å²) in [5.41, 5.74) is 2.83. The molecule has 0 bridgehead atoms. The second-order valence-corrected chi connectivity index (χ2v) is 4.66. The third-order valence-electron chi connectivity index (χ3n) is 3.26. The van der Waals surface area contributed by atoms with Crippen molar-refractivity contribution in [2.75, 3.05) is 5.32 Å². The van der Waals surface area contributed by atoms with Gasteiger partial charge in [0.05, 0.1) is 6.04 Å². The van der Waals surface area contributed by atoms with Crippen molar-refractivity contribution in [2.45, 2.75) is 26.3 Å². The van der Waals surface area contributed by atoms with E-state index in [2.05, 4.69) is 12.2 Å². The number of aromatic hydroxyl groups is 2. The number of anilines is 1. The highest BCUT2D eigenvalue weighted by Gasteiger charge is 2.13. The van der Waals surface area contributed by atoms with Crippen molar-refractivity contribution in [3.63, 3.8) is 0 Å². The molecule has 100 valence electrons. The van der Waals surface area contributed by atoms with E-state index in [0.29, 0.717) is 5.75 Å². The van der Waals surface area contributed by atoms with Crippen molar-refractivity contribution < 1.29 is 10.2 Å². The van der Waals surface area contributed by atoms with E-state index in [1.54, 1.807) is 18.2 Å². The molecule has 19 heavy (non-hydrogen) atoms. The zero-order chi connectivity index (χ0) is 13.8. The Morgan fingerprint density at radius 3 is 2.47 bits per heavy atom. The van der Waals surface area contributed by atoms with Crippen molar-refractivity contribution in [3.8, 4) is 11.5 Å². The summed E-state index contributed by atoms with van der Waals surface area (Å²) < 4.78 is 0. The van der Waals surface area contributed by atoms with Crippen molar-refractivity contribution in [2.24, 2.45) is 0 Å². The van der Waals surface area contributed by atoms with E-state index < -0.39 is 0 Å². The van der Waals surface area contributed by atoms with Crippen LogP contribution < -0.4 is 5.32 Å². The fraction of sp³-hybridized carbons (Fsp3) is 0.250. The van der Waals surface area contributed by atoms with Crippen LogP contribution in [0.2, 0.25) is 0 Å². The van der Waals surface area contributed by atoms with E-state index in [4.69, 9.17) is 0 Å². The quantitative estimate of drug-likeness (QED) is 0.726. The maximum Gasteiger partial charge on any atom is 0.120 e. The van der Waals surface area contributed by atoms with Gasteiger partial charge in [0.2, 0.25) is 0 Å². The Kier molecular flexibility index (Phi) is 3.95. The van der Waals surface area contributed by atoms with Crippen LogP contribution >= 0.6 is 0 Å². The molecule has 0 heterocycles. The van der Waals surface area contributed by atoms with Gasteiger partial charge >= 0.3 is 0 Å². The molecular weight excluding hydrogens is 238 g/mol. The summed E-state index contributed by atoms with van der Waals surface area (Å²) in [4.78, 5) is 0. The van der Waals surface area contributed by atoms with Crippen LogP contribution in [-0.4, -0.2) is 10.2 Å². The Bertz CT molecular complexity index is 566. The molecule has 0 aliphatic rings. The van der Waals surface area contributed by atoms with Gasteiger partial charge in [0.25, 0.3) is 0 Å². The van der Waals surface area contributed by atoms with E-state index in [-0.39, 0.29) is 11.8 Å². The van der Waals surface area contributed by atoms with Gasteiger partial charge in [-0.05, 0) is 43.2 Å². The van der Waals surface area contributed by atoms with Crippen molar-refractivity contribution in [3.05, 3.63) is 53.6 Å². The maximum atomic E-state index is 9.92. The van der Waals surface area contributed by atoms with Gasteiger partial charge in [0.1, 0.15) is 11.5 Å². The summed E-state index contributed by atoms with van der Waals surface area (Å²) in [6, 6.07) is 12.6. The molecule has 2 aromatic rings. The Morgan fingerprint density at radius 1 is 1.11 bits per heavy atom. The lowest BCUT2D eigenvalue weighted by Gasteiger charge is -2.21. The molecule has 0 spiro atoms. The number of benzene rings is 2. The zero-order valence-electron chi connectivity index (χ0n) is 11.2. The first kappa shape index (κ1) is 13.3. The molecular formula is C16H19NO2. The molecule has 0 aromatic heterocycles. The molecule has 0 radical (unpaired) electrons. The summed E-state index contributed by atoms with van der Waals surface area (Å²) in [5.74, 6) is 0.567. The monoisotopic (exact) mass is 257 g/mol. The fourth-order valence-electron chi connectivity index (χ4n) is 2.18. The minimum absolute atomic E-state index is 0.0458. The Hall–Kier alpha value is -2.16. The second kappa shape index (κ2) is 5.65. The first-order chi connectivity index (χ1) is 9.11. The lowest BCUT2D eigenvalue weighted by Crippen LogP contribution is -2.10. The van der Waals surface area contributed by atoms with Crippen LogP contribution in [0.5, 0.6) is 11.5 Å². The number of nitrogens with one attached hydrogen (secondary N) is 1. The second-order valence-electron chi connectivity index (χ2n) is 4.66. The zero-order valence-corrected chi connectivity index (χ0v) is 11.2. The molecule has 0 saturated carbocycles. The number of phenolic OH excluding ortho intramolecular Hbond substituents is 2. The van der Waals surface area contributed by atoms with Crippen LogP contribution in [0.25, 0.3) is 0 Å². The van der Waals surface area contributed by atoms with Gasteiger partial charge in [-0.15, -0.1) is 0 Å². The average Bonchev–Trinajstić information content (AvgIpc) is 2.39. The number of para-hydroxylation sites is 1. The largest absolute Gasteiger partial charge is 0.508 e. The number of hydrogen-bond acceptors (Lipinski definition) is 3. The van der Waals surface area contributed by atoms with E-state index in [9.17, 15) is 10.2 Å². The van der Waals surface area contributed by atoms with Crippen LogP contribution in [-0.2, 0) is 0 Å². The fourth-order valence-corrected chi connectivity index (χ4v) is 2.18. The van der Waals surface area contributed by atoms with Gasteiger partial charge < -0.3 is 15.5 Å². The standard InChI is InChI=1S/C16H19NO2/c1-3-14(13-6-4-5-7-16(13)19)17-15-9-8-12(18)10-11(15)2/h4-10,14,17-19H,3H2,1-2H3. The predicted molar refractivity (Wildman–Crippen MR) is 77.6 cm³/mol. The minimum atomic E-state index is 0.0458. The normalized spacial score (nSPS) is 12.1. The molecule has 2 rings (SSSR count). The van der Waals surface area contributed by atoms with Gasteiger partial charge in [-0.1, -0.05) is 25.1 Å². The smallest absolute Gasteiger partial charge is 0.120 e. The van der Waals surface area contributed by atoms with Crippen LogP contribution in [0.4, 0.5) is 5.69 Å². The van der Waals surface area contributed by atoms with Crippen LogP contribution in [0.3, 0.4) is 0 Å². The summed E-state index contributed by atoms with van der Waals surface area (Å²) in [6.07, 6.45) is 0.859. The molecule has 0 saturated heterocycles. The summed E-state index contributed by atoms with van der Waals surface area (Å²) in [6.45, 7) is 4.01. The molecule has 0 fully saturated rings. The molecule has 0 aliphatic carbocycles. The van der Waals surface area contributed by atoms with Gasteiger partial charge in [-0.25, -0.2) is 0 Å². The third kappa shape index (κ3) is 2.99. The Labute approximate surface area is 113 Å². The van der Waals surface area contributed by atoms with Crippen molar-refractivity contribution >= 4 is 5.69 Å². The highest BCUT2D eigenvalue weighted by molar-refractivity contribution is 5.55. The Balaban J connectivity index is 2.27. The lowest BCUT2D eigenvalue weighted by atomic mass is 10.0.